The van der Waals surface area contributed by atoms with E-state index in [1.807, 2.05) is 20.8 Å². The van der Waals surface area contributed by atoms with Gasteiger partial charge in [-0.1, -0.05) is 67.7 Å². The Morgan fingerprint density at radius 3 is 2.12 bits per heavy atom. The number of rotatable bonds is 13. The van der Waals surface area contributed by atoms with Gasteiger partial charge in [-0.3, -0.25) is 4.79 Å². The predicted molar refractivity (Wildman–Crippen MR) is 103 cm³/mol. The molecule has 2 unspecified atom stereocenters. The average Bonchev–Trinajstić information content (AvgIpc) is 2.52. The van der Waals surface area contributed by atoms with Crippen molar-refractivity contribution in [2.75, 3.05) is 6.61 Å². The molecule has 0 spiro atoms. The fourth-order valence-electron chi connectivity index (χ4n) is 3.02. The standard InChI is InChI=1S/C21H40O5/c1-8-11-13-21(10-3,26-24-14-12-9-2)19(23)25-18(22)15-17(4)16-20(5,6)7/h17H,8-16H2,1-7H3. The molecule has 0 bridgehead atoms. The van der Waals surface area contributed by atoms with Crippen LogP contribution in [0.5, 0.6) is 0 Å². The van der Waals surface area contributed by atoms with Gasteiger partial charge in [0, 0.05) is 6.42 Å². The van der Waals surface area contributed by atoms with E-state index < -0.39 is 17.5 Å². The smallest absolute Gasteiger partial charge is 0.349 e. The molecule has 0 radical (unpaired) electrons. The Balaban J connectivity index is 4.84. The maximum atomic E-state index is 12.7. The summed E-state index contributed by atoms with van der Waals surface area (Å²) >= 11 is 0. The van der Waals surface area contributed by atoms with Crippen LogP contribution in [0.15, 0.2) is 0 Å². The van der Waals surface area contributed by atoms with Gasteiger partial charge >= 0.3 is 11.9 Å². The molecule has 154 valence electrons. The molecule has 0 aliphatic rings. The molecule has 0 rings (SSSR count). The predicted octanol–water partition coefficient (Wildman–Crippen LogP) is 5.61. The van der Waals surface area contributed by atoms with Gasteiger partial charge in [-0.15, -0.1) is 0 Å². The lowest BCUT2D eigenvalue weighted by Gasteiger charge is -2.29. The summed E-state index contributed by atoms with van der Waals surface area (Å²) in [5.41, 5.74) is -1.07. The van der Waals surface area contributed by atoms with E-state index in [9.17, 15) is 9.59 Å². The molecular formula is C21H40O5. The lowest BCUT2D eigenvalue weighted by Crippen LogP contribution is -2.43. The number of ether oxygens (including phenoxy) is 1. The van der Waals surface area contributed by atoms with E-state index in [4.69, 9.17) is 14.5 Å². The highest BCUT2D eigenvalue weighted by molar-refractivity contribution is 5.90. The van der Waals surface area contributed by atoms with Crippen molar-refractivity contribution in [1.29, 1.82) is 0 Å². The van der Waals surface area contributed by atoms with Crippen LogP contribution in [0, 0.1) is 11.3 Å². The molecule has 0 saturated carbocycles. The molecule has 2 atom stereocenters. The molecule has 5 nitrogen and oxygen atoms in total. The van der Waals surface area contributed by atoms with Crippen LogP contribution in [0.4, 0.5) is 0 Å². The Bertz CT molecular complexity index is 413. The quantitative estimate of drug-likeness (QED) is 0.138. The Hall–Kier alpha value is -0.940. The number of carbonyl (C=O) groups is 2. The van der Waals surface area contributed by atoms with Crippen molar-refractivity contribution in [3.8, 4) is 0 Å². The molecule has 0 fully saturated rings. The normalized spacial score (nSPS) is 15.3. The Morgan fingerprint density at radius 2 is 1.62 bits per heavy atom. The second-order valence-electron chi connectivity index (χ2n) is 8.55. The zero-order valence-electron chi connectivity index (χ0n) is 18.0. The van der Waals surface area contributed by atoms with E-state index in [1.54, 1.807) is 0 Å². The second kappa shape index (κ2) is 12.4. The summed E-state index contributed by atoms with van der Waals surface area (Å²) < 4.78 is 5.16. The number of hydrogen-bond acceptors (Lipinski definition) is 5. The molecule has 0 heterocycles. The van der Waals surface area contributed by atoms with Crippen LogP contribution in [-0.4, -0.2) is 24.1 Å². The first-order valence-electron chi connectivity index (χ1n) is 10.2. The van der Waals surface area contributed by atoms with Crippen molar-refractivity contribution in [3.05, 3.63) is 0 Å². The summed E-state index contributed by atoms with van der Waals surface area (Å²) in [4.78, 5) is 35.7. The lowest BCUT2D eigenvalue weighted by atomic mass is 9.84. The average molecular weight is 373 g/mol. The number of carbonyl (C=O) groups excluding carboxylic acids is 2. The highest BCUT2D eigenvalue weighted by Gasteiger charge is 2.42. The zero-order valence-corrected chi connectivity index (χ0v) is 18.0. The Morgan fingerprint density at radius 1 is 1.00 bits per heavy atom. The molecule has 0 aliphatic carbocycles. The van der Waals surface area contributed by atoms with Gasteiger partial charge in [0.1, 0.15) is 0 Å². The van der Waals surface area contributed by atoms with Crippen LogP contribution in [-0.2, 0) is 24.1 Å². The fraction of sp³-hybridized carbons (Fsp3) is 0.905. The highest BCUT2D eigenvalue weighted by Crippen LogP contribution is 2.28. The number of unbranched alkanes of at least 4 members (excludes halogenated alkanes) is 2. The molecule has 26 heavy (non-hydrogen) atoms. The van der Waals surface area contributed by atoms with Crippen molar-refractivity contribution in [3.63, 3.8) is 0 Å². The van der Waals surface area contributed by atoms with E-state index in [-0.39, 0.29) is 17.8 Å². The van der Waals surface area contributed by atoms with Gasteiger partial charge in [-0.25, -0.2) is 14.6 Å². The molecule has 0 N–H and O–H groups in total. The van der Waals surface area contributed by atoms with Gasteiger partial charge in [0.2, 0.25) is 5.60 Å². The van der Waals surface area contributed by atoms with Crippen molar-refractivity contribution in [2.45, 2.75) is 105 Å². The van der Waals surface area contributed by atoms with E-state index >= 15 is 0 Å². The van der Waals surface area contributed by atoms with Gasteiger partial charge in [-0.05, 0) is 37.0 Å². The Kier molecular flexibility index (Phi) is 12.0. The Labute approximate surface area is 160 Å². The van der Waals surface area contributed by atoms with Crippen LogP contribution in [0.2, 0.25) is 0 Å². The second-order valence-corrected chi connectivity index (χ2v) is 8.55. The van der Waals surface area contributed by atoms with Crippen molar-refractivity contribution in [2.24, 2.45) is 11.3 Å². The summed E-state index contributed by atoms with van der Waals surface area (Å²) in [6.07, 6.45) is 5.56. The van der Waals surface area contributed by atoms with Crippen LogP contribution in [0.1, 0.15) is 99.8 Å². The number of hydrogen-bond donors (Lipinski definition) is 0. The third-order valence-corrected chi connectivity index (χ3v) is 4.36. The van der Waals surface area contributed by atoms with Gasteiger partial charge in [-0.2, -0.15) is 0 Å². The van der Waals surface area contributed by atoms with Gasteiger partial charge in [0.15, 0.2) is 0 Å². The first kappa shape index (κ1) is 25.1. The van der Waals surface area contributed by atoms with Crippen LogP contribution < -0.4 is 0 Å². The highest BCUT2D eigenvalue weighted by atomic mass is 17.2. The molecule has 0 amide bonds. The maximum absolute atomic E-state index is 12.7. The first-order chi connectivity index (χ1) is 12.1. The molecule has 0 aromatic heterocycles. The third kappa shape index (κ3) is 10.3. The molecule has 0 aliphatic heterocycles. The summed E-state index contributed by atoms with van der Waals surface area (Å²) in [5, 5.41) is 0. The monoisotopic (exact) mass is 372 g/mol. The first-order valence-corrected chi connectivity index (χ1v) is 10.2. The molecule has 5 heteroatoms. The number of esters is 2. The topological polar surface area (TPSA) is 61.8 Å². The lowest BCUT2D eigenvalue weighted by molar-refractivity contribution is -0.357. The van der Waals surface area contributed by atoms with Gasteiger partial charge in [0.25, 0.3) is 0 Å². The minimum atomic E-state index is -1.20. The SMILES string of the molecule is CCCCOOC(CC)(CCCC)C(=O)OC(=O)CC(C)CC(C)(C)C. The third-order valence-electron chi connectivity index (χ3n) is 4.36. The molecule has 0 aromatic carbocycles. The molecular weight excluding hydrogens is 332 g/mol. The minimum absolute atomic E-state index is 0.133. The summed E-state index contributed by atoms with van der Waals surface area (Å²) in [6.45, 7) is 14.8. The van der Waals surface area contributed by atoms with E-state index in [1.165, 1.54) is 0 Å². The summed E-state index contributed by atoms with van der Waals surface area (Å²) in [5.74, 6) is -0.958. The summed E-state index contributed by atoms with van der Waals surface area (Å²) in [6, 6.07) is 0. The van der Waals surface area contributed by atoms with Crippen molar-refractivity contribution < 1.29 is 24.1 Å². The van der Waals surface area contributed by atoms with Crippen molar-refractivity contribution in [1.82, 2.24) is 0 Å². The van der Waals surface area contributed by atoms with E-state index in [0.717, 1.165) is 32.1 Å². The van der Waals surface area contributed by atoms with Crippen LogP contribution >= 0.6 is 0 Å². The van der Waals surface area contributed by atoms with Gasteiger partial charge in [0.05, 0.1) is 6.61 Å². The van der Waals surface area contributed by atoms with E-state index in [0.29, 0.717) is 19.4 Å². The van der Waals surface area contributed by atoms with Crippen LogP contribution in [0.25, 0.3) is 0 Å². The zero-order chi connectivity index (χ0) is 20.2. The molecule has 0 saturated heterocycles. The largest absolute Gasteiger partial charge is 0.391 e. The molecule has 0 aromatic rings. The summed E-state index contributed by atoms with van der Waals surface area (Å²) in [7, 11) is 0. The minimum Gasteiger partial charge on any atom is -0.391 e. The van der Waals surface area contributed by atoms with Crippen LogP contribution in [0.3, 0.4) is 0 Å². The van der Waals surface area contributed by atoms with Gasteiger partial charge < -0.3 is 4.74 Å². The maximum Gasteiger partial charge on any atom is 0.349 e. The van der Waals surface area contributed by atoms with E-state index in [2.05, 4.69) is 27.7 Å². The van der Waals surface area contributed by atoms with Crippen molar-refractivity contribution >= 4 is 11.9 Å². The fourth-order valence-corrected chi connectivity index (χ4v) is 3.02.